The fourth-order valence-electron chi connectivity index (χ4n) is 3.58. The number of amides is 2. The lowest BCUT2D eigenvalue weighted by atomic mass is 10.0. The Balaban J connectivity index is 2.05. The van der Waals surface area contributed by atoms with E-state index in [-0.39, 0.29) is 17.9 Å². The number of carboxylic acids is 1. The highest BCUT2D eigenvalue weighted by molar-refractivity contribution is 5.96. The lowest BCUT2D eigenvalue weighted by Gasteiger charge is -2.23. The molecular formula is C19H29N3O4. The highest BCUT2D eigenvalue weighted by Gasteiger charge is 2.35. The number of unbranched alkanes of at least 4 members (excludes halogenated alkanes) is 1. The number of aliphatic carboxylic acids is 1. The van der Waals surface area contributed by atoms with E-state index in [1.165, 1.54) is 0 Å². The summed E-state index contributed by atoms with van der Waals surface area (Å²) in [4.78, 5) is 36.6. The number of carboxylic acid groups (broad SMARTS) is 1. The van der Waals surface area contributed by atoms with Crippen molar-refractivity contribution in [2.45, 2.75) is 64.5 Å². The van der Waals surface area contributed by atoms with Crippen molar-refractivity contribution in [3.63, 3.8) is 0 Å². The molecule has 1 saturated carbocycles. The topological polar surface area (TPSA) is 100 Å². The van der Waals surface area contributed by atoms with E-state index in [1.54, 1.807) is 17.7 Å². The number of aryl methyl sites for hydroxylation is 2. The molecule has 1 aliphatic rings. The van der Waals surface area contributed by atoms with Gasteiger partial charge in [-0.25, -0.2) is 0 Å². The Morgan fingerprint density at radius 2 is 2.08 bits per heavy atom. The second-order valence-corrected chi connectivity index (χ2v) is 7.17. The minimum Gasteiger partial charge on any atom is -0.481 e. The fourth-order valence-corrected chi connectivity index (χ4v) is 3.58. The Morgan fingerprint density at radius 3 is 2.65 bits per heavy atom. The summed E-state index contributed by atoms with van der Waals surface area (Å²) in [6, 6.07) is 0.757. The Labute approximate surface area is 154 Å². The smallest absolute Gasteiger partial charge is 0.308 e. The minimum absolute atomic E-state index is 0.293. The molecular weight excluding hydrogens is 334 g/mol. The van der Waals surface area contributed by atoms with Gasteiger partial charge in [-0.05, 0) is 37.8 Å². The van der Waals surface area contributed by atoms with E-state index in [1.807, 2.05) is 20.0 Å². The maximum Gasteiger partial charge on any atom is 0.308 e. The van der Waals surface area contributed by atoms with Crippen molar-refractivity contribution in [2.24, 2.45) is 13.0 Å². The summed E-state index contributed by atoms with van der Waals surface area (Å²) < 4.78 is 1.73. The Hall–Kier alpha value is -2.31. The van der Waals surface area contributed by atoms with E-state index in [0.717, 1.165) is 24.8 Å². The lowest BCUT2D eigenvalue weighted by molar-refractivity contribution is -0.142. The normalized spacial score (nSPS) is 20.6. The molecule has 0 spiro atoms. The van der Waals surface area contributed by atoms with Crippen molar-refractivity contribution in [1.29, 1.82) is 0 Å². The number of hydrogen-bond donors (Lipinski definition) is 3. The summed E-state index contributed by atoms with van der Waals surface area (Å²) in [5, 5.41) is 15.0. The molecule has 1 fully saturated rings. The first-order valence-electron chi connectivity index (χ1n) is 9.30. The van der Waals surface area contributed by atoms with E-state index < -0.39 is 17.9 Å². The van der Waals surface area contributed by atoms with Crippen LogP contribution < -0.4 is 10.6 Å². The highest BCUT2D eigenvalue weighted by atomic mass is 16.4. The molecule has 0 bridgehead atoms. The highest BCUT2D eigenvalue weighted by Crippen LogP contribution is 2.26. The van der Waals surface area contributed by atoms with Crippen molar-refractivity contribution >= 4 is 17.8 Å². The molecule has 1 aromatic rings. The quantitative estimate of drug-likeness (QED) is 0.657. The van der Waals surface area contributed by atoms with Crippen LogP contribution in [0.5, 0.6) is 0 Å². The molecule has 2 amide bonds. The van der Waals surface area contributed by atoms with Gasteiger partial charge >= 0.3 is 5.97 Å². The van der Waals surface area contributed by atoms with E-state index in [9.17, 15) is 19.5 Å². The monoisotopic (exact) mass is 363 g/mol. The summed E-state index contributed by atoms with van der Waals surface area (Å²) in [5.41, 5.74) is 1.48. The molecule has 0 radical (unpaired) electrons. The maximum atomic E-state index is 12.7. The van der Waals surface area contributed by atoms with Gasteiger partial charge in [-0.2, -0.15) is 0 Å². The van der Waals surface area contributed by atoms with Gasteiger partial charge < -0.3 is 20.3 Å². The molecule has 7 nitrogen and oxygen atoms in total. The second kappa shape index (κ2) is 8.87. The predicted molar refractivity (Wildman–Crippen MR) is 97.8 cm³/mol. The predicted octanol–water partition coefficient (Wildman–Crippen LogP) is 1.99. The van der Waals surface area contributed by atoms with Crippen LogP contribution in [0.15, 0.2) is 12.3 Å². The van der Waals surface area contributed by atoms with Crippen molar-refractivity contribution in [2.75, 3.05) is 0 Å². The van der Waals surface area contributed by atoms with Gasteiger partial charge in [0.25, 0.3) is 5.91 Å². The van der Waals surface area contributed by atoms with Crippen LogP contribution in [0.1, 0.15) is 61.5 Å². The van der Waals surface area contributed by atoms with Gasteiger partial charge in [-0.1, -0.05) is 26.2 Å². The number of nitrogens with zero attached hydrogens (tertiary/aromatic N) is 1. The average molecular weight is 363 g/mol. The van der Waals surface area contributed by atoms with Gasteiger partial charge in [0.05, 0.1) is 5.92 Å². The van der Waals surface area contributed by atoms with Gasteiger partial charge in [-0.15, -0.1) is 0 Å². The molecule has 1 heterocycles. The van der Waals surface area contributed by atoms with Crippen molar-refractivity contribution in [1.82, 2.24) is 15.2 Å². The molecule has 1 aliphatic carbocycles. The third-order valence-corrected chi connectivity index (χ3v) is 5.00. The Kier molecular flexibility index (Phi) is 6.83. The zero-order valence-corrected chi connectivity index (χ0v) is 15.7. The van der Waals surface area contributed by atoms with Gasteiger partial charge in [0.1, 0.15) is 11.7 Å². The van der Waals surface area contributed by atoms with Gasteiger partial charge in [0, 0.05) is 19.3 Å². The third kappa shape index (κ3) is 4.86. The molecule has 3 N–H and O–H groups in total. The summed E-state index contributed by atoms with van der Waals surface area (Å²) in [5.74, 6) is -2.01. The molecule has 2 rings (SSSR count). The van der Waals surface area contributed by atoms with Gasteiger partial charge in [0.2, 0.25) is 5.91 Å². The molecule has 0 aromatic carbocycles. The molecule has 0 saturated heterocycles. The Bertz CT molecular complexity index is 668. The van der Waals surface area contributed by atoms with Gasteiger partial charge in [-0.3, -0.25) is 14.4 Å². The number of rotatable bonds is 8. The van der Waals surface area contributed by atoms with Crippen LogP contribution in [0.2, 0.25) is 0 Å². The van der Waals surface area contributed by atoms with Crippen molar-refractivity contribution < 1.29 is 19.5 Å². The molecule has 26 heavy (non-hydrogen) atoms. The molecule has 0 aliphatic heterocycles. The van der Waals surface area contributed by atoms with Crippen LogP contribution in [0, 0.1) is 12.8 Å². The first kappa shape index (κ1) is 20.0. The van der Waals surface area contributed by atoms with E-state index >= 15 is 0 Å². The average Bonchev–Trinajstić information content (AvgIpc) is 3.17. The number of carbonyl (C=O) groups excluding carboxylic acids is 2. The van der Waals surface area contributed by atoms with Crippen LogP contribution in [0.3, 0.4) is 0 Å². The van der Waals surface area contributed by atoms with E-state index in [0.29, 0.717) is 25.0 Å². The lowest BCUT2D eigenvalue weighted by Crippen LogP contribution is -2.51. The summed E-state index contributed by atoms with van der Waals surface area (Å²) in [6.07, 6.45) is 6.12. The standard InChI is InChI=1S/C19H29N3O4/c1-4-5-8-15(21-18(24)16-10-12(2)11-22(16)3)17(23)20-14-9-6-7-13(14)19(25)26/h10-11,13-15H,4-9H2,1-3H3,(H,20,23)(H,21,24)(H,25,26)/t13-,14+,15+/m1/s1. The van der Waals surface area contributed by atoms with Crippen molar-refractivity contribution in [3.05, 3.63) is 23.5 Å². The van der Waals surface area contributed by atoms with Crippen molar-refractivity contribution in [3.8, 4) is 0 Å². The molecule has 1 aromatic heterocycles. The Morgan fingerprint density at radius 1 is 1.35 bits per heavy atom. The number of hydrogen-bond acceptors (Lipinski definition) is 3. The summed E-state index contributed by atoms with van der Waals surface area (Å²) >= 11 is 0. The third-order valence-electron chi connectivity index (χ3n) is 5.00. The van der Waals surface area contributed by atoms with E-state index in [4.69, 9.17) is 0 Å². The molecule has 0 unspecified atom stereocenters. The van der Waals surface area contributed by atoms with Crippen LogP contribution >= 0.6 is 0 Å². The first-order chi connectivity index (χ1) is 12.3. The largest absolute Gasteiger partial charge is 0.481 e. The van der Waals surface area contributed by atoms with Crippen LogP contribution in [0.25, 0.3) is 0 Å². The molecule has 144 valence electrons. The minimum atomic E-state index is -0.874. The second-order valence-electron chi connectivity index (χ2n) is 7.17. The SMILES string of the molecule is CCCC[C@H](NC(=O)c1cc(C)cn1C)C(=O)N[C@H]1CCC[C@H]1C(=O)O. The number of aromatic nitrogens is 1. The summed E-state index contributed by atoms with van der Waals surface area (Å²) in [7, 11) is 1.79. The fraction of sp³-hybridized carbons (Fsp3) is 0.632. The first-order valence-corrected chi connectivity index (χ1v) is 9.30. The maximum absolute atomic E-state index is 12.7. The number of carbonyl (C=O) groups is 3. The molecule has 7 heteroatoms. The number of nitrogens with one attached hydrogen (secondary N) is 2. The van der Waals surface area contributed by atoms with Crippen LogP contribution in [-0.4, -0.2) is 39.5 Å². The zero-order chi connectivity index (χ0) is 19.3. The van der Waals surface area contributed by atoms with Crippen LogP contribution in [0.4, 0.5) is 0 Å². The van der Waals surface area contributed by atoms with Gasteiger partial charge in [0.15, 0.2) is 0 Å². The summed E-state index contributed by atoms with van der Waals surface area (Å²) in [6.45, 7) is 3.93. The van der Waals surface area contributed by atoms with Crippen LogP contribution in [-0.2, 0) is 16.6 Å². The van der Waals surface area contributed by atoms with E-state index in [2.05, 4.69) is 10.6 Å². The molecule has 3 atom stereocenters. The zero-order valence-electron chi connectivity index (χ0n) is 15.7.